The molecule has 0 fully saturated rings. The second-order valence-electron chi connectivity index (χ2n) is 19.2. The Bertz CT molecular complexity index is 1400. The molecule has 1 atom stereocenters. The highest BCUT2D eigenvalue weighted by Gasteiger charge is 2.19. The Labute approximate surface area is 432 Å². The van der Waals surface area contributed by atoms with E-state index in [1.165, 1.54) is 135 Å². The lowest BCUT2D eigenvalue weighted by molar-refractivity contribution is -0.166. The van der Waals surface area contributed by atoms with Crippen molar-refractivity contribution in [3.63, 3.8) is 0 Å². The Balaban J connectivity index is 4.51. The average Bonchev–Trinajstić information content (AvgIpc) is 3.36. The van der Waals surface area contributed by atoms with E-state index in [1.807, 2.05) is 6.08 Å². The molecule has 0 aliphatic rings. The number of unbranched alkanes of at least 4 members (excludes halogenated alkanes) is 25. The molecule has 0 saturated carbocycles. The van der Waals surface area contributed by atoms with Gasteiger partial charge in [-0.25, -0.2) is 0 Å². The number of ether oxygens (including phenoxy) is 3. The van der Waals surface area contributed by atoms with E-state index in [0.717, 1.165) is 89.9 Å². The normalized spacial score (nSPS) is 12.8. The Morgan fingerprint density at radius 3 is 0.971 bits per heavy atom. The third kappa shape index (κ3) is 55.3. The summed E-state index contributed by atoms with van der Waals surface area (Å²) < 4.78 is 16.8. The van der Waals surface area contributed by atoms with Gasteiger partial charge in [-0.1, -0.05) is 240 Å². The van der Waals surface area contributed by atoms with Gasteiger partial charge in [-0.15, -0.1) is 0 Å². The molecule has 0 amide bonds. The monoisotopic (exact) mass is 973 g/mol. The Kier molecular flexibility index (Phi) is 54.9. The molecular weight excluding hydrogens is 865 g/mol. The molecule has 0 aromatic rings. The van der Waals surface area contributed by atoms with E-state index in [1.54, 1.807) is 0 Å². The highest BCUT2D eigenvalue weighted by molar-refractivity contribution is 5.71. The van der Waals surface area contributed by atoms with E-state index in [2.05, 4.69) is 112 Å². The van der Waals surface area contributed by atoms with Crippen LogP contribution >= 0.6 is 0 Å². The van der Waals surface area contributed by atoms with Crippen molar-refractivity contribution in [1.29, 1.82) is 0 Å². The molecule has 0 bridgehead atoms. The van der Waals surface area contributed by atoms with Crippen LogP contribution < -0.4 is 0 Å². The van der Waals surface area contributed by atoms with Crippen molar-refractivity contribution in [2.75, 3.05) is 13.2 Å². The molecule has 0 N–H and O–H groups in total. The fourth-order valence-corrected chi connectivity index (χ4v) is 7.93. The summed E-state index contributed by atoms with van der Waals surface area (Å²) in [4.78, 5) is 38.1. The zero-order chi connectivity index (χ0) is 50.7. The maximum absolute atomic E-state index is 12.9. The molecule has 0 aliphatic carbocycles. The van der Waals surface area contributed by atoms with Gasteiger partial charge < -0.3 is 14.2 Å². The van der Waals surface area contributed by atoms with Crippen LogP contribution in [0, 0.1) is 0 Å². The lowest BCUT2D eigenvalue weighted by Crippen LogP contribution is -2.30. The molecule has 400 valence electrons. The van der Waals surface area contributed by atoms with Crippen molar-refractivity contribution in [2.45, 2.75) is 277 Å². The number of carbonyl (C=O) groups excluding carboxylic acids is 3. The molecular formula is C64H108O6. The van der Waals surface area contributed by atoms with Gasteiger partial charge in [0.15, 0.2) is 6.10 Å². The number of allylic oxidation sites excluding steroid dienone is 16. The van der Waals surface area contributed by atoms with Crippen LogP contribution in [0.5, 0.6) is 0 Å². The minimum atomic E-state index is -0.817. The van der Waals surface area contributed by atoms with E-state index in [4.69, 9.17) is 14.2 Å². The third-order valence-corrected chi connectivity index (χ3v) is 12.3. The van der Waals surface area contributed by atoms with E-state index in [-0.39, 0.29) is 37.5 Å². The molecule has 6 nitrogen and oxygen atoms in total. The molecule has 1 unspecified atom stereocenters. The van der Waals surface area contributed by atoms with Crippen LogP contribution in [0.1, 0.15) is 271 Å². The number of rotatable bonds is 52. The topological polar surface area (TPSA) is 78.9 Å². The van der Waals surface area contributed by atoms with E-state index in [9.17, 15) is 14.4 Å². The fraction of sp³-hybridized carbons (Fsp3) is 0.703. The quantitative estimate of drug-likeness (QED) is 0.0262. The first-order chi connectivity index (χ1) is 34.5. The van der Waals surface area contributed by atoms with Gasteiger partial charge in [0.2, 0.25) is 0 Å². The molecule has 6 heteroatoms. The van der Waals surface area contributed by atoms with Crippen molar-refractivity contribution in [1.82, 2.24) is 0 Å². The zero-order valence-electron chi connectivity index (χ0n) is 45.8. The van der Waals surface area contributed by atoms with Gasteiger partial charge in [-0.3, -0.25) is 14.4 Å². The molecule has 0 saturated heterocycles. The second kappa shape index (κ2) is 57.9. The van der Waals surface area contributed by atoms with Gasteiger partial charge >= 0.3 is 17.9 Å². The minimum absolute atomic E-state index is 0.110. The predicted octanol–water partition coefficient (Wildman–Crippen LogP) is 19.7. The summed E-state index contributed by atoms with van der Waals surface area (Å²) in [6.07, 6.45) is 77.0. The molecule has 0 heterocycles. The molecule has 0 aliphatic heterocycles. The smallest absolute Gasteiger partial charge is 0.306 e. The highest BCUT2D eigenvalue weighted by atomic mass is 16.6. The third-order valence-electron chi connectivity index (χ3n) is 12.3. The average molecular weight is 974 g/mol. The summed E-state index contributed by atoms with van der Waals surface area (Å²) in [5, 5.41) is 0. The lowest BCUT2D eigenvalue weighted by Gasteiger charge is -2.18. The standard InChI is InChI=1S/C64H108O6/c1-4-7-10-13-16-19-22-25-28-30-32-34-36-39-42-45-48-51-54-57-63(66)69-60-61(59-68-62(65)56-53-50-47-44-41-38-27-24-21-18-15-12-9-6-3)70-64(67)58-55-52-49-46-43-40-37-35-33-31-29-26-23-20-17-14-11-8-5-2/h7,10,16,19,25,28,31-34,38-39,41-42,48,51,61H,4-6,8-9,11-15,17-18,20-24,26-27,29-30,35-37,40,43-47,49-50,52-60H2,1-3H3/b10-7-,19-16-,28-25-,33-31-,34-32-,41-38-,42-39-,51-48-. The van der Waals surface area contributed by atoms with Crippen molar-refractivity contribution in [2.24, 2.45) is 0 Å². The fourth-order valence-electron chi connectivity index (χ4n) is 7.93. The Morgan fingerprint density at radius 1 is 0.300 bits per heavy atom. The van der Waals surface area contributed by atoms with Crippen LogP contribution in [0.25, 0.3) is 0 Å². The molecule has 0 aromatic carbocycles. The van der Waals surface area contributed by atoms with Crippen molar-refractivity contribution in [3.05, 3.63) is 97.2 Å². The van der Waals surface area contributed by atoms with Crippen molar-refractivity contribution < 1.29 is 28.6 Å². The SMILES string of the molecule is CC/C=C\C/C=C\C/C=C\C/C=C\C/C=C\C/C=C\CCC(=O)OCC(COC(=O)CCCCC/C=C\CCCCCCCCC)OC(=O)CCCCCCCCC/C=C\CCCCCCCCCC. The maximum Gasteiger partial charge on any atom is 0.306 e. The van der Waals surface area contributed by atoms with Crippen molar-refractivity contribution in [3.8, 4) is 0 Å². The molecule has 0 aromatic heterocycles. The van der Waals surface area contributed by atoms with Gasteiger partial charge in [0.1, 0.15) is 13.2 Å². The largest absolute Gasteiger partial charge is 0.462 e. The summed E-state index contributed by atoms with van der Waals surface area (Å²) in [5.41, 5.74) is 0. The number of hydrogen-bond donors (Lipinski definition) is 0. The van der Waals surface area contributed by atoms with E-state index in [0.29, 0.717) is 19.3 Å². The van der Waals surface area contributed by atoms with E-state index < -0.39 is 6.10 Å². The molecule has 0 rings (SSSR count). The number of carbonyl (C=O) groups is 3. The summed E-state index contributed by atoms with van der Waals surface area (Å²) in [6, 6.07) is 0. The van der Waals surface area contributed by atoms with Crippen LogP contribution in [-0.2, 0) is 28.6 Å². The summed E-state index contributed by atoms with van der Waals surface area (Å²) in [6.45, 7) is 6.45. The first-order valence-electron chi connectivity index (χ1n) is 29.2. The first kappa shape index (κ1) is 66.3. The zero-order valence-corrected chi connectivity index (χ0v) is 45.8. The van der Waals surface area contributed by atoms with E-state index >= 15 is 0 Å². The Morgan fingerprint density at radius 2 is 0.586 bits per heavy atom. The summed E-state index contributed by atoms with van der Waals surface area (Å²) >= 11 is 0. The predicted molar refractivity (Wildman–Crippen MR) is 302 cm³/mol. The summed E-state index contributed by atoms with van der Waals surface area (Å²) in [5.74, 6) is -1.01. The highest BCUT2D eigenvalue weighted by Crippen LogP contribution is 2.14. The Hall–Kier alpha value is -3.67. The number of esters is 3. The van der Waals surface area contributed by atoms with Gasteiger partial charge in [-0.05, 0) is 109 Å². The van der Waals surface area contributed by atoms with Crippen molar-refractivity contribution >= 4 is 17.9 Å². The van der Waals surface area contributed by atoms with Gasteiger partial charge in [0, 0.05) is 19.3 Å². The first-order valence-corrected chi connectivity index (χ1v) is 29.2. The van der Waals surface area contributed by atoms with Gasteiger partial charge in [0.25, 0.3) is 0 Å². The van der Waals surface area contributed by atoms with Crippen LogP contribution in [0.4, 0.5) is 0 Å². The van der Waals surface area contributed by atoms with Gasteiger partial charge in [-0.2, -0.15) is 0 Å². The van der Waals surface area contributed by atoms with Crippen LogP contribution in [-0.4, -0.2) is 37.2 Å². The number of hydrogen-bond acceptors (Lipinski definition) is 6. The minimum Gasteiger partial charge on any atom is -0.462 e. The molecule has 0 radical (unpaired) electrons. The summed E-state index contributed by atoms with van der Waals surface area (Å²) in [7, 11) is 0. The second-order valence-corrected chi connectivity index (χ2v) is 19.2. The maximum atomic E-state index is 12.9. The lowest BCUT2D eigenvalue weighted by atomic mass is 10.1. The van der Waals surface area contributed by atoms with Crippen LogP contribution in [0.2, 0.25) is 0 Å². The van der Waals surface area contributed by atoms with Gasteiger partial charge in [0.05, 0.1) is 0 Å². The van der Waals surface area contributed by atoms with Crippen LogP contribution in [0.3, 0.4) is 0 Å². The van der Waals surface area contributed by atoms with Crippen LogP contribution in [0.15, 0.2) is 97.2 Å². The molecule has 0 spiro atoms. The molecule has 70 heavy (non-hydrogen) atoms.